The van der Waals surface area contributed by atoms with Gasteiger partial charge in [0, 0.05) is 19.0 Å². The number of aromatic nitrogens is 1. The molecule has 1 aromatic heterocycles. The van der Waals surface area contributed by atoms with Crippen LogP contribution in [0.25, 0.3) is 0 Å². The molecule has 0 unspecified atom stereocenters. The molecule has 0 saturated heterocycles. The molecule has 0 spiro atoms. The molecule has 2 heterocycles. The van der Waals surface area contributed by atoms with E-state index in [0.29, 0.717) is 12.2 Å². The highest BCUT2D eigenvalue weighted by Gasteiger charge is 2.26. The summed E-state index contributed by atoms with van der Waals surface area (Å²) in [6.45, 7) is 2.16. The fourth-order valence-electron chi connectivity index (χ4n) is 1.57. The van der Waals surface area contributed by atoms with E-state index >= 15 is 0 Å². The minimum atomic E-state index is -0.0682. The lowest BCUT2D eigenvalue weighted by Crippen LogP contribution is -2.37. The fourth-order valence-corrected chi connectivity index (χ4v) is 2.05. The summed E-state index contributed by atoms with van der Waals surface area (Å²) in [4.78, 5) is 27.1. The third-order valence-corrected chi connectivity index (χ3v) is 2.71. The third kappa shape index (κ3) is 1.48. The topological polar surface area (TPSA) is 53.2 Å². The van der Waals surface area contributed by atoms with Gasteiger partial charge in [0.1, 0.15) is 0 Å². The summed E-state index contributed by atoms with van der Waals surface area (Å²) in [6.07, 6.45) is 0. The first-order chi connectivity index (χ1) is 6.58. The lowest BCUT2D eigenvalue weighted by atomic mass is 10.1. The second-order valence-electron chi connectivity index (χ2n) is 3.32. The summed E-state index contributed by atoms with van der Waals surface area (Å²) in [5.41, 5.74) is 1.50. The maximum atomic E-state index is 11.6. The van der Waals surface area contributed by atoms with Crippen molar-refractivity contribution in [3.63, 3.8) is 0 Å². The van der Waals surface area contributed by atoms with E-state index in [-0.39, 0.29) is 18.2 Å². The van der Waals surface area contributed by atoms with Crippen LogP contribution in [0.3, 0.4) is 0 Å². The average molecular weight is 257 g/mol. The van der Waals surface area contributed by atoms with E-state index in [4.69, 9.17) is 0 Å². The van der Waals surface area contributed by atoms with Gasteiger partial charge in [-0.15, -0.1) is 0 Å². The van der Waals surface area contributed by atoms with Crippen LogP contribution in [0.2, 0.25) is 0 Å². The van der Waals surface area contributed by atoms with Crippen LogP contribution in [0.15, 0.2) is 10.7 Å². The average Bonchev–Trinajstić information content (AvgIpc) is 2.45. The Bertz CT molecular complexity index is 411. The number of fused-ring (bicyclic) bond motifs is 1. The Kier molecular flexibility index (Phi) is 2.19. The molecule has 5 heteroatoms. The van der Waals surface area contributed by atoms with E-state index in [1.807, 2.05) is 6.07 Å². The SMILES string of the molecule is CC(=O)N1CC(=O)c2[nH]c(Br)cc2C1. The van der Waals surface area contributed by atoms with E-state index in [1.54, 1.807) is 0 Å². The number of aromatic amines is 1. The van der Waals surface area contributed by atoms with Crippen molar-refractivity contribution in [2.75, 3.05) is 6.54 Å². The monoisotopic (exact) mass is 256 g/mol. The molecule has 1 aliphatic heterocycles. The molecule has 14 heavy (non-hydrogen) atoms. The molecular formula is C9H9BrN2O2. The van der Waals surface area contributed by atoms with Crippen molar-refractivity contribution in [1.29, 1.82) is 0 Å². The van der Waals surface area contributed by atoms with Crippen LogP contribution in [0, 0.1) is 0 Å². The highest BCUT2D eigenvalue weighted by molar-refractivity contribution is 9.10. The number of hydrogen-bond acceptors (Lipinski definition) is 2. The van der Waals surface area contributed by atoms with Crippen LogP contribution in [0.1, 0.15) is 23.0 Å². The molecule has 0 radical (unpaired) electrons. The van der Waals surface area contributed by atoms with E-state index < -0.39 is 0 Å². The molecule has 1 aromatic rings. The largest absolute Gasteiger partial charge is 0.347 e. The zero-order valence-corrected chi connectivity index (χ0v) is 9.22. The van der Waals surface area contributed by atoms with Crippen molar-refractivity contribution < 1.29 is 9.59 Å². The number of carbonyl (C=O) groups excluding carboxylic acids is 2. The Morgan fingerprint density at radius 1 is 1.57 bits per heavy atom. The number of carbonyl (C=O) groups is 2. The van der Waals surface area contributed by atoms with E-state index in [9.17, 15) is 9.59 Å². The van der Waals surface area contributed by atoms with Crippen LogP contribution in [0.5, 0.6) is 0 Å². The summed E-state index contributed by atoms with van der Waals surface area (Å²) >= 11 is 3.27. The first kappa shape index (κ1) is 9.45. The Morgan fingerprint density at radius 2 is 2.29 bits per heavy atom. The predicted molar refractivity (Wildman–Crippen MR) is 53.9 cm³/mol. The normalized spacial score (nSPS) is 15.6. The molecule has 4 nitrogen and oxygen atoms in total. The summed E-state index contributed by atoms with van der Waals surface area (Å²) in [6, 6.07) is 1.84. The van der Waals surface area contributed by atoms with Crippen LogP contribution in [-0.2, 0) is 11.3 Å². The minimum absolute atomic E-state index is 0.0350. The lowest BCUT2D eigenvalue weighted by Gasteiger charge is -2.24. The minimum Gasteiger partial charge on any atom is -0.347 e. The molecule has 0 aromatic carbocycles. The number of nitrogens with zero attached hydrogens (tertiary/aromatic N) is 1. The van der Waals surface area contributed by atoms with Gasteiger partial charge in [0.05, 0.1) is 16.8 Å². The van der Waals surface area contributed by atoms with Crippen LogP contribution >= 0.6 is 15.9 Å². The second kappa shape index (κ2) is 3.24. The van der Waals surface area contributed by atoms with Gasteiger partial charge in [-0.3, -0.25) is 9.59 Å². The number of amides is 1. The number of Topliss-reactive ketones (excluding diaryl/α,β-unsaturated/α-hetero) is 1. The molecule has 74 valence electrons. The molecule has 2 rings (SSSR count). The zero-order chi connectivity index (χ0) is 10.3. The fraction of sp³-hybridized carbons (Fsp3) is 0.333. The summed E-state index contributed by atoms with van der Waals surface area (Å²) < 4.78 is 0.779. The van der Waals surface area contributed by atoms with E-state index in [0.717, 1.165) is 10.2 Å². The molecule has 1 N–H and O–H groups in total. The zero-order valence-electron chi connectivity index (χ0n) is 7.63. The van der Waals surface area contributed by atoms with Gasteiger partial charge in [0.15, 0.2) is 5.78 Å². The van der Waals surface area contributed by atoms with Crippen LogP contribution in [0.4, 0.5) is 0 Å². The molecule has 0 fully saturated rings. The molecule has 1 aliphatic rings. The van der Waals surface area contributed by atoms with Crippen molar-refractivity contribution in [2.24, 2.45) is 0 Å². The number of nitrogens with one attached hydrogen (secondary N) is 1. The van der Waals surface area contributed by atoms with Crippen molar-refractivity contribution in [1.82, 2.24) is 9.88 Å². The molecule has 1 amide bonds. The smallest absolute Gasteiger partial charge is 0.220 e. The molecule has 0 saturated carbocycles. The predicted octanol–water partition coefficient (Wildman–Crippen LogP) is 1.32. The lowest BCUT2D eigenvalue weighted by molar-refractivity contribution is -0.129. The highest BCUT2D eigenvalue weighted by Crippen LogP contribution is 2.22. The maximum absolute atomic E-state index is 11.6. The van der Waals surface area contributed by atoms with Gasteiger partial charge in [-0.1, -0.05) is 0 Å². The van der Waals surface area contributed by atoms with Gasteiger partial charge >= 0.3 is 0 Å². The maximum Gasteiger partial charge on any atom is 0.220 e. The van der Waals surface area contributed by atoms with Gasteiger partial charge in [-0.25, -0.2) is 0 Å². The summed E-state index contributed by atoms with van der Waals surface area (Å²) in [5, 5.41) is 0. The number of hydrogen-bond donors (Lipinski definition) is 1. The van der Waals surface area contributed by atoms with Crippen LogP contribution in [-0.4, -0.2) is 28.1 Å². The van der Waals surface area contributed by atoms with Gasteiger partial charge in [0.25, 0.3) is 0 Å². The second-order valence-corrected chi connectivity index (χ2v) is 4.17. The van der Waals surface area contributed by atoms with Gasteiger partial charge < -0.3 is 9.88 Å². The van der Waals surface area contributed by atoms with Crippen molar-refractivity contribution in [2.45, 2.75) is 13.5 Å². The van der Waals surface area contributed by atoms with Gasteiger partial charge in [-0.05, 0) is 22.0 Å². The quantitative estimate of drug-likeness (QED) is 0.762. The summed E-state index contributed by atoms with van der Waals surface area (Å²) in [7, 11) is 0. The Balaban J connectivity index is 2.37. The molecule has 0 bridgehead atoms. The number of halogens is 1. The molecular weight excluding hydrogens is 248 g/mol. The van der Waals surface area contributed by atoms with E-state index in [2.05, 4.69) is 20.9 Å². The molecule has 0 atom stereocenters. The van der Waals surface area contributed by atoms with Crippen LogP contribution < -0.4 is 0 Å². The standard InChI is InChI=1S/C9H9BrN2O2/c1-5(13)12-3-6-2-8(10)11-9(6)7(14)4-12/h2,11H,3-4H2,1H3. The molecule has 0 aliphatic carbocycles. The van der Waals surface area contributed by atoms with Crippen molar-refractivity contribution in [3.05, 3.63) is 21.9 Å². The summed E-state index contributed by atoms with van der Waals surface area (Å²) in [5.74, 6) is -0.103. The Hall–Kier alpha value is -1.10. The van der Waals surface area contributed by atoms with Crippen molar-refractivity contribution >= 4 is 27.6 Å². The number of ketones is 1. The van der Waals surface area contributed by atoms with Gasteiger partial charge in [0.2, 0.25) is 5.91 Å². The number of H-pyrrole nitrogens is 1. The highest BCUT2D eigenvalue weighted by atomic mass is 79.9. The Labute approximate surface area is 89.4 Å². The van der Waals surface area contributed by atoms with E-state index in [1.165, 1.54) is 11.8 Å². The first-order valence-electron chi connectivity index (χ1n) is 4.24. The third-order valence-electron chi connectivity index (χ3n) is 2.29. The number of rotatable bonds is 0. The van der Waals surface area contributed by atoms with Crippen molar-refractivity contribution in [3.8, 4) is 0 Å². The van der Waals surface area contributed by atoms with Gasteiger partial charge in [-0.2, -0.15) is 0 Å². The Morgan fingerprint density at radius 3 is 2.93 bits per heavy atom. The first-order valence-corrected chi connectivity index (χ1v) is 5.03.